The number of amides is 2. The molecule has 0 saturated carbocycles. The molecule has 1 heterocycles. The second-order valence-electron chi connectivity index (χ2n) is 4.38. The van der Waals surface area contributed by atoms with Crippen LogP contribution < -0.4 is 16.8 Å². The van der Waals surface area contributed by atoms with E-state index >= 15 is 0 Å². The number of nitrogens with one attached hydrogen (secondary N) is 1. The van der Waals surface area contributed by atoms with E-state index < -0.39 is 5.91 Å². The maximum atomic E-state index is 11.9. The Hall–Kier alpha value is -2.83. The van der Waals surface area contributed by atoms with Gasteiger partial charge in [-0.15, -0.1) is 0 Å². The summed E-state index contributed by atoms with van der Waals surface area (Å²) in [6.45, 7) is 1.83. The minimum Gasteiger partial charge on any atom is -0.397 e. The molecule has 0 fully saturated rings. The highest BCUT2D eigenvalue weighted by molar-refractivity contribution is 5.95. The highest BCUT2D eigenvalue weighted by atomic mass is 16.2. The van der Waals surface area contributed by atoms with Crippen molar-refractivity contribution in [1.82, 2.24) is 9.78 Å². The first-order valence-corrected chi connectivity index (χ1v) is 5.94. The van der Waals surface area contributed by atoms with Crippen molar-refractivity contribution < 1.29 is 9.59 Å². The first-order chi connectivity index (χ1) is 9.47. The van der Waals surface area contributed by atoms with Crippen LogP contribution in [-0.2, 0) is 11.3 Å². The maximum absolute atomic E-state index is 11.9. The average molecular weight is 273 g/mol. The SMILES string of the molecule is Cc1cccc(N)c1NC(=O)Cn1cc(C(N)=O)cn1. The monoisotopic (exact) mass is 273 g/mol. The van der Waals surface area contributed by atoms with E-state index in [2.05, 4.69) is 10.4 Å². The summed E-state index contributed by atoms with van der Waals surface area (Å²) < 4.78 is 1.34. The summed E-state index contributed by atoms with van der Waals surface area (Å²) in [5.41, 5.74) is 13.1. The van der Waals surface area contributed by atoms with Crippen molar-refractivity contribution in [3.05, 3.63) is 41.7 Å². The van der Waals surface area contributed by atoms with Crippen LogP contribution in [0.4, 0.5) is 11.4 Å². The van der Waals surface area contributed by atoms with Gasteiger partial charge < -0.3 is 16.8 Å². The molecular weight excluding hydrogens is 258 g/mol. The van der Waals surface area contributed by atoms with Gasteiger partial charge in [-0.25, -0.2) is 0 Å². The van der Waals surface area contributed by atoms with E-state index in [0.717, 1.165) is 5.56 Å². The number of aryl methyl sites for hydroxylation is 1. The Morgan fingerprint density at radius 2 is 2.15 bits per heavy atom. The van der Waals surface area contributed by atoms with E-state index in [1.165, 1.54) is 17.1 Å². The molecule has 0 saturated heterocycles. The lowest BCUT2D eigenvalue weighted by Crippen LogP contribution is -2.20. The number of carbonyl (C=O) groups excluding carboxylic acids is 2. The number of hydrogen-bond donors (Lipinski definition) is 3. The van der Waals surface area contributed by atoms with Gasteiger partial charge in [-0.1, -0.05) is 12.1 Å². The molecule has 0 bridgehead atoms. The third kappa shape index (κ3) is 2.94. The lowest BCUT2D eigenvalue weighted by atomic mass is 10.1. The Balaban J connectivity index is 2.07. The molecule has 0 atom stereocenters. The zero-order chi connectivity index (χ0) is 14.7. The van der Waals surface area contributed by atoms with Crippen LogP contribution in [0.25, 0.3) is 0 Å². The zero-order valence-electron chi connectivity index (χ0n) is 11.0. The van der Waals surface area contributed by atoms with Crippen molar-refractivity contribution in [2.75, 3.05) is 11.1 Å². The third-order valence-corrected chi connectivity index (χ3v) is 2.79. The van der Waals surface area contributed by atoms with Gasteiger partial charge in [-0.2, -0.15) is 5.10 Å². The molecule has 0 unspecified atom stereocenters. The van der Waals surface area contributed by atoms with E-state index in [4.69, 9.17) is 11.5 Å². The molecule has 5 N–H and O–H groups in total. The molecule has 2 amide bonds. The molecule has 7 heteroatoms. The number of hydrogen-bond acceptors (Lipinski definition) is 4. The lowest BCUT2D eigenvalue weighted by molar-refractivity contribution is -0.116. The number of rotatable bonds is 4. The molecule has 0 aliphatic rings. The summed E-state index contributed by atoms with van der Waals surface area (Å²) in [7, 11) is 0. The quantitative estimate of drug-likeness (QED) is 0.704. The molecule has 7 nitrogen and oxygen atoms in total. The summed E-state index contributed by atoms with van der Waals surface area (Å²) in [5, 5.41) is 6.61. The van der Waals surface area contributed by atoms with E-state index in [0.29, 0.717) is 11.4 Å². The minimum absolute atomic E-state index is 0.0267. The number of carbonyl (C=O) groups is 2. The van der Waals surface area contributed by atoms with Crippen molar-refractivity contribution in [2.45, 2.75) is 13.5 Å². The van der Waals surface area contributed by atoms with Gasteiger partial charge in [0.2, 0.25) is 5.91 Å². The molecule has 0 radical (unpaired) electrons. The number of benzene rings is 1. The fourth-order valence-corrected chi connectivity index (χ4v) is 1.76. The van der Waals surface area contributed by atoms with Crippen LogP contribution in [0.5, 0.6) is 0 Å². The van der Waals surface area contributed by atoms with E-state index in [9.17, 15) is 9.59 Å². The Morgan fingerprint density at radius 1 is 1.40 bits per heavy atom. The predicted molar refractivity (Wildman–Crippen MR) is 75.0 cm³/mol. The van der Waals surface area contributed by atoms with Crippen LogP contribution in [-0.4, -0.2) is 21.6 Å². The Morgan fingerprint density at radius 3 is 2.75 bits per heavy atom. The van der Waals surface area contributed by atoms with E-state index in [1.807, 2.05) is 19.1 Å². The lowest BCUT2D eigenvalue weighted by Gasteiger charge is -2.11. The van der Waals surface area contributed by atoms with Crippen LogP contribution in [0.1, 0.15) is 15.9 Å². The van der Waals surface area contributed by atoms with Gasteiger partial charge >= 0.3 is 0 Å². The smallest absolute Gasteiger partial charge is 0.251 e. The summed E-state index contributed by atoms with van der Waals surface area (Å²) in [6.07, 6.45) is 2.74. The van der Waals surface area contributed by atoms with Crippen molar-refractivity contribution in [1.29, 1.82) is 0 Å². The van der Waals surface area contributed by atoms with Crippen molar-refractivity contribution in [2.24, 2.45) is 5.73 Å². The first-order valence-electron chi connectivity index (χ1n) is 5.94. The van der Waals surface area contributed by atoms with Crippen LogP contribution in [0.15, 0.2) is 30.6 Å². The van der Waals surface area contributed by atoms with E-state index in [1.54, 1.807) is 6.07 Å². The maximum Gasteiger partial charge on any atom is 0.251 e. The van der Waals surface area contributed by atoms with Gasteiger partial charge in [0.25, 0.3) is 5.91 Å². The summed E-state index contributed by atoms with van der Waals surface area (Å²) in [4.78, 5) is 22.9. The third-order valence-electron chi connectivity index (χ3n) is 2.79. The van der Waals surface area contributed by atoms with Crippen LogP contribution in [0.2, 0.25) is 0 Å². The molecular formula is C13H15N5O2. The van der Waals surface area contributed by atoms with Gasteiger partial charge in [0.15, 0.2) is 0 Å². The summed E-state index contributed by atoms with van der Waals surface area (Å²) >= 11 is 0. The summed E-state index contributed by atoms with van der Waals surface area (Å²) in [5.74, 6) is -0.870. The molecule has 1 aromatic carbocycles. The van der Waals surface area contributed by atoms with Crippen LogP contribution >= 0.6 is 0 Å². The molecule has 2 aromatic rings. The van der Waals surface area contributed by atoms with Gasteiger partial charge in [0.1, 0.15) is 6.54 Å². The van der Waals surface area contributed by atoms with E-state index in [-0.39, 0.29) is 18.0 Å². The second-order valence-corrected chi connectivity index (χ2v) is 4.38. The highest BCUT2D eigenvalue weighted by Crippen LogP contribution is 2.22. The molecule has 0 spiro atoms. The molecule has 0 aliphatic heterocycles. The fourth-order valence-electron chi connectivity index (χ4n) is 1.76. The molecule has 104 valence electrons. The minimum atomic E-state index is -0.584. The number of nitrogen functional groups attached to an aromatic ring is 1. The van der Waals surface area contributed by atoms with Gasteiger partial charge in [-0.3, -0.25) is 14.3 Å². The number of primary amides is 1. The fraction of sp³-hybridized carbons (Fsp3) is 0.154. The van der Waals surface area contributed by atoms with Crippen LogP contribution in [0, 0.1) is 6.92 Å². The number of nitrogens with zero attached hydrogens (tertiary/aromatic N) is 2. The Kier molecular flexibility index (Phi) is 3.69. The largest absolute Gasteiger partial charge is 0.397 e. The predicted octanol–water partition coefficient (Wildman–Crippen LogP) is 0.511. The highest BCUT2D eigenvalue weighted by Gasteiger charge is 2.10. The molecule has 20 heavy (non-hydrogen) atoms. The zero-order valence-corrected chi connectivity index (χ0v) is 11.0. The van der Waals surface area contributed by atoms with Crippen molar-refractivity contribution >= 4 is 23.2 Å². The first kappa shape index (κ1) is 13.6. The second kappa shape index (κ2) is 5.43. The summed E-state index contributed by atoms with van der Waals surface area (Å²) in [6, 6.07) is 5.37. The van der Waals surface area contributed by atoms with Crippen LogP contribution in [0.3, 0.4) is 0 Å². The van der Waals surface area contributed by atoms with Gasteiger partial charge in [-0.05, 0) is 18.6 Å². The number of para-hydroxylation sites is 1. The topological polar surface area (TPSA) is 116 Å². The van der Waals surface area contributed by atoms with Crippen molar-refractivity contribution in [3.8, 4) is 0 Å². The molecule has 0 aliphatic carbocycles. The number of aromatic nitrogens is 2. The molecule has 1 aromatic heterocycles. The molecule has 2 rings (SSSR count). The Labute approximate surface area is 115 Å². The number of nitrogens with two attached hydrogens (primary N) is 2. The van der Waals surface area contributed by atoms with Gasteiger partial charge in [0.05, 0.1) is 23.1 Å². The standard InChI is InChI=1S/C13H15N5O2/c1-8-3-2-4-10(14)12(8)17-11(19)7-18-6-9(5-16-18)13(15)20/h2-6H,7,14H2,1H3,(H2,15,20)(H,17,19). The van der Waals surface area contributed by atoms with Gasteiger partial charge in [0, 0.05) is 6.20 Å². The van der Waals surface area contributed by atoms with Crippen molar-refractivity contribution in [3.63, 3.8) is 0 Å². The normalized spacial score (nSPS) is 10.2. The Bertz CT molecular complexity index is 642. The average Bonchev–Trinajstić information content (AvgIpc) is 2.82. The number of anilines is 2.